The minimum atomic E-state index is -1.16. The number of benzene rings is 2. The zero-order valence-corrected chi connectivity index (χ0v) is 26.0. The van der Waals surface area contributed by atoms with Crippen molar-refractivity contribution in [3.8, 4) is 21.8 Å². The van der Waals surface area contributed by atoms with Crippen molar-refractivity contribution in [2.45, 2.75) is 58.3 Å². The fourth-order valence-electron chi connectivity index (χ4n) is 5.73. The van der Waals surface area contributed by atoms with Gasteiger partial charge in [-0.25, -0.2) is 14.8 Å². The van der Waals surface area contributed by atoms with Gasteiger partial charge in [-0.2, -0.15) is 5.10 Å². The zero-order chi connectivity index (χ0) is 29.8. The first-order chi connectivity index (χ1) is 20.0. The summed E-state index contributed by atoms with van der Waals surface area (Å²) in [4.78, 5) is 24.9. The summed E-state index contributed by atoms with van der Waals surface area (Å²) in [5.74, 6) is -1.04. The predicted molar refractivity (Wildman–Crippen MR) is 168 cm³/mol. The number of hydrogen-bond acceptors (Lipinski definition) is 7. The monoisotopic (exact) mass is 603 g/mol. The number of halogens is 1. The Morgan fingerprint density at radius 1 is 1.10 bits per heavy atom. The lowest BCUT2D eigenvalue weighted by Crippen LogP contribution is -2.31. The molecule has 1 atom stereocenters. The zero-order valence-electron chi connectivity index (χ0n) is 24.4. The van der Waals surface area contributed by atoms with Crippen LogP contribution in [0.2, 0.25) is 5.02 Å². The standard InChI is InChI=1S/C32H34ClN5O3S/c1-18-16-23-29(27(19-6-8-20(33)9-7-19)26(18)28(31(39)40)41-32(2,3)4)42-30(36-23)22-10-11-25-24(35-22)17-34-38(25)21-12-14-37(5)15-13-21/h6-11,16-17,21,28H,12-15H2,1-5H3,(H,39,40)/t28-/m0/s1. The van der Waals surface area contributed by atoms with Gasteiger partial charge in [-0.15, -0.1) is 11.3 Å². The lowest BCUT2D eigenvalue weighted by Gasteiger charge is -2.29. The molecule has 218 valence electrons. The maximum Gasteiger partial charge on any atom is 0.337 e. The molecular weight excluding hydrogens is 570 g/mol. The van der Waals surface area contributed by atoms with Crippen LogP contribution in [0.3, 0.4) is 0 Å². The number of pyridine rings is 1. The Bertz CT molecular complexity index is 1780. The van der Waals surface area contributed by atoms with E-state index < -0.39 is 17.7 Å². The molecular formula is C32H34ClN5O3S. The molecule has 0 unspecified atom stereocenters. The third-order valence-corrected chi connectivity index (χ3v) is 9.09. The molecule has 42 heavy (non-hydrogen) atoms. The predicted octanol–water partition coefficient (Wildman–Crippen LogP) is 7.54. The summed E-state index contributed by atoms with van der Waals surface area (Å²) in [5.41, 5.74) is 5.79. The summed E-state index contributed by atoms with van der Waals surface area (Å²) in [7, 11) is 2.16. The number of nitrogens with zero attached hydrogens (tertiary/aromatic N) is 5. The van der Waals surface area contributed by atoms with Gasteiger partial charge in [0.2, 0.25) is 0 Å². The lowest BCUT2D eigenvalue weighted by molar-refractivity contribution is -0.160. The molecule has 0 saturated carbocycles. The van der Waals surface area contributed by atoms with Crippen LogP contribution in [-0.4, -0.2) is 61.5 Å². The molecule has 1 fully saturated rings. The van der Waals surface area contributed by atoms with Crippen molar-refractivity contribution in [1.82, 2.24) is 24.6 Å². The number of aromatic nitrogens is 4. The maximum atomic E-state index is 12.6. The van der Waals surface area contributed by atoms with Crippen molar-refractivity contribution < 1.29 is 14.6 Å². The van der Waals surface area contributed by atoms with Crippen LogP contribution in [0.25, 0.3) is 43.1 Å². The quantitative estimate of drug-likeness (QED) is 0.214. The fourth-order valence-corrected chi connectivity index (χ4v) is 6.95. The van der Waals surface area contributed by atoms with E-state index in [4.69, 9.17) is 31.4 Å². The van der Waals surface area contributed by atoms with Gasteiger partial charge < -0.3 is 14.7 Å². The van der Waals surface area contributed by atoms with Crippen molar-refractivity contribution >= 4 is 50.2 Å². The van der Waals surface area contributed by atoms with E-state index in [0.29, 0.717) is 16.6 Å². The Kier molecular flexibility index (Phi) is 7.55. The van der Waals surface area contributed by atoms with Gasteiger partial charge in [-0.1, -0.05) is 23.7 Å². The van der Waals surface area contributed by atoms with E-state index >= 15 is 0 Å². The molecule has 8 nitrogen and oxygen atoms in total. The average molecular weight is 604 g/mol. The van der Waals surface area contributed by atoms with Gasteiger partial charge in [0.05, 0.1) is 39.3 Å². The summed E-state index contributed by atoms with van der Waals surface area (Å²) < 4.78 is 9.13. The first-order valence-electron chi connectivity index (χ1n) is 14.1. The van der Waals surface area contributed by atoms with Crippen molar-refractivity contribution in [2.75, 3.05) is 20.1 Å². The Balaban J connectivity index is 1.48. The number of aryl methyl sites for hydroxylation is 1. The van der Waals surface area contributed by atoms with Gasteiger partial charge in [-0.3, -0.25) is 4.68 Å². The van der Waals surface area contributed by atoms with Crippen LogP contribution in [0.1, 0.15) is 56.9 Å². The number of carboxylic acids is 1. The van der Waals surface area contributed by atoms with E-state index in [-0.39, 0.29) is 0 Å². The number of fused-ring (bicyclic) bond motifs is 2. The molecule has 0 spiro atoms. The van der Waals surface area contributed by atoms with Gasteiger partial charge in [0.25, 0.3) is 0 Å². The Morgan fingerprint density at radius 3 is 2.48 bits per heavy atom. The molecule has 0 radical (unpaired) electrons. The van der Waals surface area contributed by atoms with Crippen LogP contribution in [0, 0.1) is 6.92 Å². The molecule has 0 bridgehead atoms. The first kappa shape index (κ1) is 28.7. The minimum absolute atomic E-state index is 0.370. The number of piperidine rings is 1. The number of carboxylic acid groups (broad SMARTS) is 1. The summed E-state index contributed by atoms with van der Waals surface area (Å²) in [6, 6.07) is 13.9. The van der Waals surface area contributed by atoms with Crippen LogP contribution >= 0.6 is 22.9 Å². The molecule has 0 amide bonds. The van der Waals surface area contributed by atoms with Crippen LogP contribution in [0.5, 0.6) is 0 Å². The molecule has 1 aliphatic rings. The van der Waals surface area contributed by atoms with E-state index in [1.165, 1.54) is 11.3 Å². The number of likely N-dealkylation sites (tertiary alicyclic amines) is 1. The molecule has 2 aromatic carbocycles. The molecule has 1 N–H and O–H groups in total. The number of carbonyl (C=O) groups is 1. The Hall–Kier alpha value is -3.37. The topological polar surface area (TPSA) is 93.4 Å². The summed E-state index contributed by atoms with van der Waals surface area (Å²) in [6.45, 7) is 9.62. The van der Waals surface area contributed by atoms with Crippen LogP contribution in [0.4, 0.5) is 0 Å². The molecule has 0 aliphatic carbocycles. The second-order valence-corrected chi connectivity index (χ2v) is 13.5. The summed E-state index contributed by atoms with van der Waals surface area (Å²) >= 11 is 7.73. The highest BCUT2D eigenvalue weighted by molar-refractivity contribution is 7.22. The average Bonchev–Trinajstić information content (AvgIpc) is 3.55. The second-order valence-electron chi connectivity index (χ2n) is 12.0. The Morgan fingerprint density at radius 2 is 1.81 bits per heavy atom. The van der Waals surface area contributed by atoms with E-state index in [9.17, 15) is 9.90 Å². The van der Waals surface area contributed by atoms with Gasteiger partial charge >= 0.3 is 5.97 Å². The normalized spacial score (nSPS) is 16.0. The second kappa shape index (κ2) is 11.0. The van der Waals surface area contributed by atoms with Gasteiger partial charge in [0.1, 0.15) is 10.5 Å². The Labute approximate surface area is 253 Å². The molecule has 6 rings (SSSR count). The smallest absolute Gasteiger partial charge is 0.337 e. The van der Waals surface area contributed by atoms with Crippen molar-refractivity contribution in [2.24, 2.45) is 0 Å². The molecule has 3 aromatic heterocycles. The molecule has 5 aromatic rings. The van der Waals surface area contributed by atoms with Crippen molar-refractivity contribution in [3.63, 3.8) is 0 Å². The largest absolute Gasteiger partial charge is 0.479 e. The van der Waals surface area contributed by atoms with Gasteiger partial charge in [0, 0.05) is 16.1 Å². The van der Waals surface area contributed by atoms with E-state index in [2.05, 4.69) is 22.7 Å². The minimum Gasteiger partial charge on any atom is -0.479 e. The van der Waals surface area contributed by atoms with Crippen LogP contribution in [0.15, 0.2) is 48.7 Å². The van der Waals surface area contributed by atoms with Gasteiger partial charge in [0.15, 0.2) is 6.10 Å². The third-order valence-electron chi connectivity index (χ3n) is 7.73. The van der Waals surface area contributed by atoms with Crippen LogP contribution in [-0.2, 0) is 9.53 Å². The maximum absolute atomic E-state index is 12.6. The summed E-state index contributed by atoms with van der Waals surface area (Å²) in [6.07, 6.45) is 2.81. The number of thiazole rings is 1. The highest BCUT2D eigenvalue weighted by Gasteiger charge is 2.32. The number of rotatable bonds is 6. The highest BCUT2D eigenvalue weighted by Crippen LogP contribution is 2.44. The first-order valence-corrected chi connectivity index (χ1v) is 15.3. The van der Waals surface area contributed by atoms with Crippen LogP contribution < -0.4 is 0 Å². The third kappa shape index (κ3) is 5.54. The molecule has 1 saturated heterocycles. The van der Waals surface area contributed by atoms with Crippen molar-refractivity contribution in [3.05, 3.63) is 64.8 Å². The van der Waals surface area contributed by atoms with E-state index in [1.54, 1.807) is 0 Å². The lowest BCUT2D eigenvalue weighted by atomic mass is 9.91. The molecule has 1 aliphatic heterocycles. The number of ether oxygens (including phenoxy) is 1. The number of aliphatic carboxylic acids is 1. The molecule has 4 heterocycles. The van der Waals surface area contributed by atoms with Crippen molar-refractivity contribution in [1.29, 1.82) is 0 Å². The number of hydrogen-bond donors (Lipinski definition) is 1. The van der Waals surface area contributed by atoms with E-state index in [0.717, 1.165) is 74.6 Å². The van der Waals surface area contributed by atoms with Gasteiger partial charge in [-0.05, 0) is 102 Å². The summed E-state index contributed by atoms with van der Waals surface area (Å²) in [5, 5.41) is 16.4. The highest BCUT2D eigenvalue weighted by atomic mass is 35.5. The van der Waals surface area contributed by atoms with E-state index in [1.807, 2.05) is 70.3 Å². The fraction of sp³-hybridized carbons (Fsp3) is 0.375. The molecule has 10 heteroatoms. The SMILES string of the molecule is Cc1cc2nc(-c3ccc4c(cnn4C4CCN(C)CC4)n3)sc2c(-c2ccc(Cl)cc2)c1[C@H](OC(C)(C)C)C(=O)O.